The normalized spacial score (nSPS) is 29.0. The fraction of sp³-hybridized carbons (Fsp3) is 1.00. The highest BCUT2D eigenvalue weighted by Gasteiger charge is 2.43. The molecular weight excluding hydrogens is 378 g/mol. The summed E-state index contributed by atoms with van der Waals surface area (Å²) in [5.41, 5.74) is 0. The maximum atomic E-state index is 9.91. The number of aliphatic hydroxyl groups excluding tert-OH is 4. The van der Waals surface area contributed by atoms with Gasteiger partial charge in [-0.05, 0) is 18.9 Å². The predicted molar refractivity (Wildman–Crippen MR) is 113 cm³/mol. The van der Waals surface area contributed by atoms with Gasteiger partial charge in [0, 0.05) is 16.1 Å². The van der Waals surface area contributed by atoms with Crippen molar-refractivity contribution in [2.75, 3.05) is 40.9 Å². The summed E-state index contributed by atoms with van der Waals surface area (Å²) in [7, 11) is 6.56. The molecule has 7 nitrogen and oxygen atoms in total. The first kappa shape index (κ1) is 26.0. The zero-order valence-corrected chi connectivity index (χ0v) is 19.5. The molecule has 5 atom stereocenters. The third-order valence-corrected chi connectivity index (χ3v) is 7.14. The fourth-order valence-corrected chi connectivity index (χ4v) is 4.94. The maximum absolute atomic E-state index is 9.91. The Balaban J connectivity index is 1.94. The van der Waals surface area contributed by atoms with E-state index in [1.165, 1.54) is 57.5 Å². The molecule has 168 valence electrons. The summed E-state index contributed by atoms with van der Waals surface area (Å²) in [6.45, 7) is 1.33. The van der Waals surface area contributed by atoms with E-state index in [1.54, 1.807) is 0 Å². The number of hydrogen-bond donors (Lipinski definition) is 4. The average molecular weight is 423 g/mol. The maximum Gasteiger partial charge on any atom is 0.186 e. The quantitative estimate of drug-likeness (QED) is 0.171. The number of nitrogens with zero attached hydrogens (tertiary/aromatic N) is 1. The second-order valence-corrected chi connectivity index (χ2v) is 11.2. The molecule has 28 heavy (non-hydrogen) atoms. The van der Waals surface area contributed by atoms with E-state index in [2.05, 4.69) is 21.1 Å². The first-order valence-electron chi connectivity index (χ1n) is 11.0. The van der Waals surface area contributed by atoms with E-state index in [9.17, 15) is 15.3 Å². The standard InChI is InChI=1S/C20H44NO6Si/c1-21(2,3)11-9-7-5-4-6-8-10-13-28-14-12-26-20-19(25)18(24)17(23)16(15-22)27-20/h16-20,22-25H,4-15,28H2,1-3H3/q+1/t16-,17-,18+,19-,20-/m1/s1. The van der Waals surface area contributed by atoms with Crippen LogP contribution in [0.1, 0.15) is 44.9 Å². The molecule has 0 spiro atoms. The topological polar surface area (TPSA) is 99.4 Å². The summed E-state index contributed by atoms with van der Waals surface area (Å²) in [6.07, 6.45) is 3.46. The molecule has 0 radical (unpaired) electrons. The Morgan fingerprint density at radius 1 is 0.821 bits per heavy atom. The average Bonchev–Trinajstić information content (AvgIpc) is 2.64. The fourth-order valence-electron chi connectivity index (χ4n) is 3.51. The minimum absolute atomic E-state index is 0.183. The number of unbranched alkanes of at least 4 members (excludes halogenated alkanes) is 6. The lowest BCUT2D eigenvalue weighted by Gasteiger charge is -2.39. The zero-order chi connectivity index (χ0) is 21.0. The summed E-state index contributed by atoms with van der Waals surface area (Å²) >= 11 is 0. The van der Waals surface area contributed by atoms with Gasteiger partial charge in [-0.3, -0.25) is 0 Å². The second-order valence-electron chi connectivity index (χ2n) is 9.12. The smallest absolute Gasteiger partial charge is 0.186 e. The minimum atomic E-state index is -1.36. The highest BCUT2D eigenvalue weighted by atomic mass is 28.2. The number of hydrogen-bond acceptors (Lipinski definition) is 6. The van der Waals surface area contributed by atoms with Crippen LogP contribution < -0.4 is 0 Å². The van der Waals surface area contributed by atoms with Crippen molar-refractivity contribution in [1.82, 2.24) is 0 Å². The van der Waals surface area contributed by atoms with Crippen molar-refractivity contribution >= 4 is 9.52 Å². The Morgan fingerprint density at radius 2 is 1.43 bits per heavy atom. The van der Waals surface area contributed by atoms with Gasteiger partial charge in [-0.25, -0.2) is 0 Å². The van der Waals surface area contributed by atoms with E-state index < -0.39 is 37.3 Å². The molecule has 8 heteroatoms. The zero-order valence-electron chi connectivity index (χ0n) is 18.1. The highest BCUT2D eigenvalue weighted by molar-refractivity contribution is 6.35. The van der Waals surface area contributed by atoms with Crippen molar-refractivity contribution < 1.29 is 34.4 Å². The first-order chi connectivity index (χ1) is 13.3. The molecule has 0 aliphatic carbocycles. The lowest BCUT2D eigenvalue weighted by molar-refractivity contribution is -0.870. The van der Waals surface area contributed by atoms with Crippen LogP contribution in [0.3, 0.4) is 0 Å². The van der Waals surface area contributed by atoms with Gasteiger partial charge in [0.25, 0.3) is 0 Å². The molecule has 1 rings (SSSR count). The Hall–Kier alpha value is -0.0631. The van der Waals surface area contributed by atoms with E-state index in [1.807, 2.05) is 0 Å². The largest absolute Gasteiger partial charge is 0.394 e. The van der Waals surface area contributed by atoms with Crippen LogP contribution >= 0.6 is 0 Å². The van der Waals surface area contributed by atoms with E-state index in [4.69, 9.17) is 14.6 Å². The van der Waals surface area contributed by atoms with E-state index in [-0.39, 0.29) is 9.52 Å². The van der Waals surface area contributed by atoms with Crippen LogP contribution in [-0.4, -0.2) is 106 Å². The van der Waals surface area contributed by atoms with E-state index >= 15 is 0 Å². The van der Waals surface area contributed by atoms with Crippen molar-refractivity contribution in [3.8, 4) is 0 Å². The summed E-state index contributed by atoms with van der Waals surface area (Å²) < 4.78 is 11.9. The summed E-state index contributed by atoms with van der Waals surface area (Å²) in [5, 5.41) is 38.5. The van der Waals surface area contributed by atoms with Gasteiger partial charge in [0.2, 0.25) is 0 Å². The third kappa shape index (κ3) is 10.6. The summed E-state index contributed by atoms with van der Waals surface area (Å²) in [4.78, 5) is 0. The van der Waals surface area contributed by atoms with Crippen LogP contribution in [0.4, 0.5) is 0 Å². The summed E-state index contributed by atoms with van der Waals surface area (Å²) in [6, 6.07) is 2.31. The third-order valence-electron chi connectivity index (χ3n) is 5.35. The molecule has 0 saturated carbocycles. The molecule has 0 aromatic rings. The Kier molecular flexibility index (Phi) is 13.0. The van der Waals surface area contributed by atoms with E-state index in [0.717, 1.165) is 10.5 Å². The van der Waals surface area contributed by atoms with Crippen LogP contribution in [0.15, 0.2) is 0 Å². The molecule has 0 amide bonds. The molecule has 4 N–H and O–H groups in total. The number of quaternary nitrogens is 1. The molecular formula is C20H44NO6Si+. The van der Waals surface area contributed by atoms with Crippen molar-refractivity contribution in [2.45, 2.75) is 87.7 Å². The Labute approximate surface area is 173 Å². The SMILES string of the molecule is C[N+](C)(C)CCCCCCCCC[SiH2]CCO[C@@H]1O[C@H](CO)[C@@H](O)[C@H](O)[C@H]1O. The molecule has 1 aliphatic heterocycles. The minimum Gasteiger partial charge on any atom is -0.394 e. The first-order valence-corrected chi connectivity index (χ1v) is 13.0. The van der Waals surface area contributed by atoms with E-state index in [0.29, 0.717) is 6.61 Å². The lowest BCUT2D eigenvalue weighted by atomic mass is 9.99. The Morgan fingerprint density at radius 3 is 2.04 bits per heavy atom. The second kappa shape index (κ2) is 14.0. The van der Waals surface area contributed by atoms with Gasteiger partial charge in [-0.15, -0.1) is 0 Å². The van der Waals surface area contributed by atoms with Gasteiger partial charge in [0.1, 0.15) is 24.4 Å². The van der Waals surface area contributed by atoms with Crippen molar-refractivity contribution in [1.29, 1.82) is 0 Å². The number of ether oxygens (including phenoxy) is 2. The molecule has 1 saturated heterocycles. The molecule has 0 aromatic heterocycles. The number of aliphatic hydroxyl groups is 4. The van der Waals surface area contributed by atoms with Crippen LogP contribution in [0.5, 0.6) is 0 Å². The summed E-state index contributed by atoms with van der Waals surface area (Å²) in [5.74, 6) is 0. The van der Waals surface area contributed by atoms with Gasteiger partial charge in [0.15, 0.2) is 6.29 Å². The van der Waals surface area contributed by atoms with Crippen molar-refractivity contribution in [3.05, 3.63) is 0 Å². The van der Waals surface area contributed by atoms with Crippen molar-refractivity contribution in [2.24, 2.45) is 0 Å². The lowest BCUT2D eigenvalue weighted by Crippen LogP contribution is -2.59. The van der Waals surface area contributed by atoms with Gasteiger partial charge >= 0.3 is 0 Å². The predicted octanol–water partition coefficient (Wildman–Crippen LogP) is 0.245. The van der Waals surface area contributed by atoms with Gasteiger partial charge in [0.05, 0.1) is 34.3 Å². The molecule has 0 aromatic carbocycles. The van der Waals surface area contributed by atoms with Crippen LogP contribution in [0.2, 0.25) is 12.1 Å². The molecule has 0 unspecified atom stereocenters. The van der Waals surface area contributed by atoms with Crippen LogP contribution in [0.25, 0.3) is 0 Å². The molecule has 0 bridgehead atoms. The highest BCUT2D eigenvalue weighted by Crippen LogP contribution is 2.22. The van der Waals surface area contributed by atoms with Crippen LogP contribution in [0, 0.1) is 0 Å². The van der Waals surface area contributed by atoms with Gasteiger partial charge < -0.3 is 34.4 Å². The monoisotopic (exact) mass is 422 g/mol. The molecule has 1 aliphatic rings. The molecule has 1 fully saturated rings. The van der Waals surface area contributed by atoms with Gasteiger partial charge in [-0.2, -0.15) is 0 Å². The Bertz CT molecular complexity index is 393. The van der Waals surface area contributed by atoms with Gasteiger partial charge in [-0.1, -0.05) is 38.1 Å². The van der Waals surface area contributed by atoms with Crippen molar-refractivity contribution in [3.63, 3.8) is 0 Å². The number of rotatable bonds is 15. The molecule has 1 heterocycles. The van der Waals surface area contributed by atoms with Crippen LogP contribution in [-0.2, 0) is 9.47 Å².